The van der Waals surface area contributed by atoms with Crippen LogP contribution in [0.3, 0.4) is 0 Å². The molecule has 1 unspecified atom stereocenters. The summed E-state index contributed by atoms with van der Waals surface area (Å²) in [7, 11) is 0. The van der Waals surface area contributed by atoms with Crippen LogP contribution >= 0.6 is 0 Å². The number of halogens is 1. The first kappa shape index (κ1) is 16.1. The normalized spacial score (nSPS) is 13.6. The molecule has 0 fully saturated rings. The summed E-state index contributed by atoms with van der Waals surface area (Å²) in [5.41, 5.74) is -1.20. The molecule has 0 aliphatic carbocycles. The highest BCUT2D eigenvalue weighted by Crippen LogP contribution is 2.22. The number of benzene rings is 1. The fraction of sp³-hybridized carbons (Fsp3) is 0.467. The monoisotopic (exact) mass is 281 g/mol. The minimum absolute atomic E-state index is 0.290. The predicted octanol–water partition coefficient (Wildman–Crippen LogP) is 2.82. The number of carbonyl (C=O) groups excluding carboxylic acids is 1. The van der Waals surface area contributed by atoms with Crippen LogP contribution in [0.5, 0.6) is 0 Å². The summed E-state index contributed by atoms with van der Waals surface area (Å²) < 4.78 is 12.9. The molecule has 0 spiro atoms. The molecule has 110 valence electrons. The van der Waals surface area contributed by atoms with Crippen LogP contribution in [-0.4, -0.2) is 17.0 Å². The Bertz CT molecular complexity index is 473. The van der Waals surface area contributed by atoms with Crippen LogP contribution in [0.4, 0.5) is 4.39 Å². The van der Waals surface area contributed by atoms with E-state index in [9.17, 15) is 19.1 Å². The van der Waals surface area contributed by atoms with Crippen LogP contribution in [0, 0.1) is 5.82 Å². The Labute approximate surface area is 118 Å². The molecule has 1 aromatic rings. The van der Waals surface area contributed by atoms with Gasteiger partial charge in [0.1, 0.15) is 5.82 Å². The lowest BCUT2D eigenvalue weighted by Gasteiger charge is -2.26. The molecule has 4 nitrogen and oxygen atoms in total. The van der Waals surface area contributed by atoms with E-state index >= 15 is 0 Å². The minimum Gasteiger partial charge on any atom is -0.479 e. The zero-order chi connectivity index (χ0) is 15.2. The van der Waals surface area contributed by atoms with E-state index < -0.39 is 17.3 Å². The molecular formula is C15H20FNO3. The number of carboxylic acids is 1. The summed E-state index contributed by atoms with van der Waals surface area (Å²) in [5.74, 6) is -1.93. The molecule has 0 radical (unpaired) electrons. The van der Waals surface area contributed by atoms with Gasteiger partial charge < -0.3 is 10.4 Å². The number of aliphatic carboxylic acids is 1. The van der Waals surface area contributed by atoms with Crippen molar-refractivity contribution in [2.75, 3.05) is 0 Å². The van der Waals surface area contributed by atoms with E-state index in [0.29, 0.717) is 5.56 Å². The van der Waals surface area contributed by atoms with Gasteiger partial charge in [-0.15, -0.1) is 0 Å². The van der Waals surface area contributed by atoms with Gasteiger partial charge in [-0.05, 0) is 31.0 Å². The Morgan fingerprint density at radius 1 is 1.25 bits per heavy atom. The molecule has 0 aliphatic heterocycles. The zero-order valence-electron chi connectivity index (χ0n) is 11.8. The summed E-state index contributed by atoms with van der Waals surface area (Å²) in [6.45, 7) is 3.43. The number of carboxylic acid groups (broad SMARTS) is 1. The maximum atomic E-state index is 12.9. The molecule has 2 N–H and O–H groups in total. The highest BCUT2D eigenvalue weighted by Gasteiger charge is 2.36. The van der Waals surface area contributed by atoms with Gasteiger partial charge in [0.15, 0.2) is 5.54 Å². The molecule has 1 aromatic carbocycles. The number of unbranched alkanes of at least 4 members (excludes halogenated alkanes) is 2. The number of carbonyl (C=O) groups is 2. The lowest BCUT2D eigenvalue weighted by Crippen LogP contribution is -2.49. The molecule has 0 aliphatic rings. The number of hydrogen-bond donors (Lipinski definition) is 2. The Hall–Kier alpha value is -1.91. The van der Waals surface area contributed by atoms with Crippen molar-refractivity contribution in [1.29, 1.82) is 0 Å². The summed E-state index contributed by atoms with van der Waals surface area (Å²) in [5, 5.41) is 11.9. The van der Waals surface area contributed by atoms with Gasteiger partial charge in [0.25, 0.3) is 0 Å². The van der Waals surface area contributed by atoms with Gasteiger partial charge >= 0.3 is 5.97 Å². The van der Waals surface area contributed by atoms with Crippen molar-refractivity contribution in [3.8, 4) is 0 Å². The summed E-state index contributed by atoms with van der Waals surface area (Å²) >= 11 is 0. The molecule has 0 saturated heterocycles. The van der Waals surface area contributed by atoms with Crippen molar-refractivity contribution >= 4 is 11.9 Å². The van der Waals surface area contributed by atoms with Crippen molar-refractivity contribution in [3.63, 3.8) is 0 Å². The number of rotatable bonds is 7. The third kappa shape index (κ3) is 4.05. The van der Waals surface area contributed by atoms with Crippen LogP contribution in [0.2, 0.25) is 0 Å². The van der Waals surface area contributed by atoms with Crippen LogP contribution in [0.25, 0.3) is 0 Å². The molecule has 0 aromatic heterocycles. The van der Waals surface area contributed by atoms with Gasteiger partial charge in [-0.25, -0.2) is 9.18 Å². The first-order chi connectivity index (χ1) is 9.40. The van der Waals surface area contributed by atoms with E-state index in [0.717, 1.165) is 19.3 Å². The largest absolute Gasteiger partial charge is 0.479 e. The van der Waals surface area contributed by atoms with Crippen molar-refractivity contribution in [2.24, 2.45) is 0 Å². The van der Waals surface area contributed by atoms with Gasteiger partial charge in [0, 0.05) is 6.42 Å². The van der Waals surface area contributed by atoms with Crippen LogP contribution < -0.4 is 5.32 Å². The average molecular weight is 281 g/mol. The van der Waals surface area contributed by atoms with Gasteiger partial charge in [-0.3, -0.25) is 4.79 Å². The Balaban J connectivity index is 2.84. The lowest BCUT2D eigenvalue weighted by atomic mass is 9.91. The maximum absolute atomic E-state index is 12.9. The smallest absolute Gasteiger partial charge is 0.333 e. The van der Waals surface area contributed by atoms with E-state index in [1.54, 1.807) is 0 Å². The van der Waals surface area contributed by atoms with Gasteiger partial charge in [0.2, 0.25) is 5.91 Å². The SMILES string of the molecule is CCCCCC(=O)NC(C)(C(=O)O)c1ccc(F)cc1. The van der Waals surface area contributed by atoms with Crippen LogP contribution in [0.1, 0.15) is 45.1 Å². The quantitative estimate of drug-likeness (QED) is 0.755. The second-order valence-electron chi connectivity index (χ2n) is 4.94. The standard InChI is InChI=1S/C15H20FNO3/c1-3-4-5-6-13(18)17-15(2,14(19)20)11-7-9-12(16)10-8-11/h7-10H,3-6H2,1-2H3,(H,17,18)(H,19,20). The molecule has 1 atom stereocenters. The Morgan fingerprint density at radius 2 is 1.85 bits per heavy atom. The number of amides is 1. The maximum Gasteiger partial charge on any atom is 0.333 e. The molecule has 1 rings (SSSR count). The van der Waals surface area contributed by atoms with Gasteiger partial charge in [-0.1, -0.05) is 31.9 Å². The molecule has 20 heavy (non-hydrogen) atoms. The first-order valence-corrected chi connectivity index (χ1v) is 6.70. The van der Waals surface area contributed by atoms with E-state index in [2.05, 4.69) is 5.32 Å². The summed E-state index contributed by atoms with van der Waals surface area (Å²) in [6, 6.07) is 5.10. The van der Waals surface area contributed by atoms with Gasteiger partial charge in [-0.2, -0.15) is 0 Å². The van der Waals surface area contributed by atoms with Crippen molar-refractivity contribution in [3.05, 3.63) is 35.6 Å². The Kier molecular flexibility index (Phi) is 5.67. The minimum atomic E-state index is -1.54. The summed E-state index contributed by atoms with van der Waals surface area (Å²) in [6.07, 6.45) is 2.93. The van der Waals surface area contributed by atoms with E-state index in [1.807, 2.05) is 6.92 Å². The van der Waals surface area contributed by atoms with Gasteiger partial charge in [0.05, 0.1) is 0 Å². The fourth-order valence-electron chi connectivity index (χ4n) is 1.91. The molecular weight excluding hydrogens is 261 g/mol. The number of nitrogens with one attached hydrogen (secondary N) is 1. The molecule has 1 amide bonds. The van der Waals surface area contributed by atoms with E-state index in [-0.39, 0.29) is 12.3 Å². The molecule has 5 heteroatoms. The van der Waals surface area contributed by atoms with Crippen LogP contribution in [-0.2, 0) is 15.1 Å². The zero-order valence-corrected chi connectivity index (χ0v) is 11.8. The highest BCUT2D eigenvalue weighted by atomic mass is 19.1. The predicted molar refractivity (Wildman–Crippen MR) is 73.7 cm³/mol. The first-order valence-electron chi connectivity index (χ1n) is 6.70. The summed E-state index contributed by atoms with van der Waals surface area (Å²) in [4.78, 5) is 23.3. The van der Waals surface area contributed by atoms with E-state index in [1.165, 1.54) is 31.2 Å². The van der Waals surface area contributed by atoms with Crippen molar-refractivity contribution in [2.45, 2.75) is 45.1 Å². The number of hydrogen-bond acceptors (Lipinski definition) is 2. The average Bonchev–Trinajstić information content (AvgIpc) is 2.39. The molecule has 0 heterocycles. The molecule has 0 saturated carbocycles. The van der Waals surface area contributed by atoms with Crippen LogP contribution in [0.15, 0.2) is 24.3 Å². The fourth-order valence-corrected chi connectivity index (χ4v) is 1.91. The second kappa shape index (κ2) is 7.03. The lowest BCUT2D eigenvalue weighted by molar-refractivity contribution is -0.147. The third-order valence-corrected chi connectivity index (χ3v) is 3.25. The van der Waals surface area contributed by atoms with Crippen molar-refractivity contribution < 1.29 is 19.1 Å². The topological polar surface area (TPSA) is 66.4 Å². The second-order valence-corrected chi connectivity index (χ2v) is 4.94. The highest BCUT2D eigenvalue weighted by molar-refractivity contribution is 5.87. The van der Waals surface area contributed by atoms with Crippen molar-refractivity contribution in [1.82, 2.24) is 5.32 Å². The molecule has 0 bridgehead atoms. The Morgan fingerprint density at radius 3 is 2.35 bits per heavy atom. The third-order valence-electron chi connectivity index (χ3n) is 3.25. The van der Waals surface area contributed by atoms with E-state index in [4.69, 9.17) is 0 Å².